The molecule has 0 spiro atoms. The molecule has 1 aromatic rings. The molecule has 2 aliphatic rings. The summed E-state index contributed by atoms with van der Waals surface area (Å²) in [7, 11) is 0. The molecule has 0 unspecified atom stereocenters. The van der Waals surface area contributed by atoms with Gasteiger partial charge in [0.15, 0.2) is 6.10 Å². The van der Waals surface area contributed by atoms with Gasteiger partial charge in [0.1, 0.15) is 6.10 Å². The summed E-state index contributed by atoms with van der Waals surface area (Å²) in [6.45, 7) is 1.99. The van der Waals surface area contributed by atoms with Gasteiger partial charge >= 0.3 is 5.97 Å². The molecule has 0 aromatic heterocycles. The number of rotatable bonds is 4. The highest BCUT2D eigenvalue weighted by Crippen LogP contribution is 2.29. The predicted octanol–water partition coefficient (Wildman–Crippen LogP) is 1.86. The normalized spacial score (nSPS) is 24.5. The number of hydrogen-bond acceptors (Lipinski definition) is 4. The number of para-hydroxylation sites is 2. The van der Waals surface area contributed by atoms with Crippen LogP contribution in [0.3, 0.4) is 0 Å². The van der Waals surface area contributed by atoms with E-state index in [1.807, 2.05) is 24.3 Å². The van der Waals surface area contributed by atoms with Crippen molar-refractivity contribution in [3.63, 3.8) is 0 Å². The van der Waals surface area contributed by atoms with E-state index in [2.05, 4.69) is 10.2 Å². The second kappa shape index (κ2) is 6.36. The smallest absolute Gasteiger partial charge is 0.332 e. The average Bonchev–Trinajstić information content (AvgIpc) is 3.19. The quantitative estimate of drug-likeness (QED) is 0.887. The molecule has 118 valence electrons. The molecule has 2 atom stereocenters. The lowest BCUT2D eigenvalue weighted by molar-refractivity contribution is -0.150. The zero-order chi connectivity index (χ0) is 15.5. The Balaban J connectivity index is 1.68. The number of carboxylic acid groups (broad SMARTS) is 1. The third-order valence-electron chi connectivity index (χ3n) is 4.20. The first kappa shape index (κ1) is 14.8. The highest BCUT2D eigenvalue weighted by atomic mass is 16.5. The first-order chi connectivity index (χ1) is 10.6. The van der Waals surface area contributed by atoms with Gasteiger partial charge in [0.25, 0.3) is 5.91 Å². The van der Waals surface area contributed by atoms with Crippen molar-refractivity contribution >= 4 is 23.3 Å². The maximum atomic E-state index is 12.3. The lowest BCUT2D eigenvalue weighted by Gasteiger charge is -2.22. The monoisotopic (exact) mass is 304 g/mol. The summed E-state index contributed by atoms with van der Waals surface area (Å²) in [5.74, 6) is -1.27. The van der Waals surface area contributed by atoms with E-state index in [0.29, 0.717) is 12.8 Å². The van der Waals surface area contributed by atoms with Crippen molar-refractivity contribution in [1.29, 1.82) is 0 Å². The first-order valence-corrected chi connectivity index (χ1v) is 7.68. The van der Waals surface area contributed by atoms with E-state index in [1.165, 1.54) is 0 Å². The highest BCUT2D eigenvalue weighted by molar-refractivity contribution is 5.97. The van der Waals surface area contributed by atoms with Crippen molar-refractivity contribution in [2.24, 2.45) is 0 Å². The van der Waals surface area contributed by atoms with Gasteiger partial charge in [-0.2, -0.15) is 0 Å². The Morgan fingerprint density at radius 1 is 1.14 bits per heavy atom. The summed E-state index contributed by atoms with van der Waals surface area (Å²) < 4.78 is 5.30. The van der Waals surface area contributed by atoms with Gasteiger partial charge in [0.05, 0.1) is 11.4 Å². The number of hydrogen-bond donors (Lipinski definition) is 2. The number of nitrogens with one attached hydrogen (secondary N) is 1. The number of ether oxygens (including phenoxy) is 1. The van der Waals surface area contributed by atoms with Gasteiger partial charge in [-0.3, -0.25) is 4.79 Å². The molecule has 2 heterocycles. The lowest BCUT2D eigenvalue weighted by atomic mass is 10.2. The lowest BCUT2D eigenvalue weighted by Crippen LogP contribution is -2.30. The van der Waals surface area contributed by atoms with Gasteiger partial charge in [0.2, 0.25) is 0 Å². The van der Waals surface area contributed by atoms with Crippen LogP contribution in [0.4, 0.5) is 11.4 Å². The Morgan fingerprint density at radius 2 is 1.82 bits per heavy atom. The van der Waals surface area contributed by atoms with Gasteiger partial charge < -0.3 is 20.1 Å². The Morgan fingerprint density at radius 3 is 2.50 bits per heavy atom. The van der Waals surface area contributed by atoms with Crippen LogP contribution in [0.5, 0.6) is 0 Å². The number of amides is 1. The maximum Gasteiger partial charge on any atom is 0.332 e. The number of anilines is 2. The van der Waals surface area contributed by atoms with Crippen molar-refractivity contribution in [3.05, 3.63) is 24.3 Å². The number of carbonyl (C=O) groups is 2. The van der Waals surface area contributed by atoms with Crippen molar-refractivity contribution in [3.8, 4) is 0 Å². The summed E-state index contributed by atoms with van der Waals surface area (Å²) in [5, 5.41) is 11.8. The third-order valence-corrected chi connectivity index (χ3v) is 4.20. The van der Waals surface area contributed by atoms with Gasteiger partial charge in [-0.05, 0) is 37.8 Å². The van der Waals surface area contributed by atoms with E-state index in [4.69, 9.17) is 9.84 Å². The minimum Gasteiger partial charge on any atom is -0.479 e. The number of aliphatic carboxylic acids is 1. The van der Waals surface area contributed by atoms with E-state index >= 15 is 0 Å². The van der Waals surface area contributed by atoms with Crippen LogP contribution in [-0.4, -0.2) is 42.3 Å². The minimum absolute atomic E-state index is 0.268. The van der Waals surface area contributed by atoms with Crippen LogP contribution in [-0.2, 0) is 14.3 Å². The van der Waals surface area contributed by atoms with Crippen LogP contribution in [0.25, 0.3) is 0 Å². The molecule has 0 bridgehead atoms. The van der Waals surface area contributed by atoms with E-state index in [9.17, 15) is 9.59 Å². The second-order valence-corrected chi connectivity index (χ2v) is 5.73. The molecule has 6 nitrogen and oxygen atoms in total. The molecule has 0 saturated carbocycles. The Labute approximate surface area is 129 Å². The fourth-order valence-electron chi connectivity index (χ4n) is 3.04. The van der Waals surface area contributed by atoms with Crippen molar-refractivity contribution < 1.29 is 19.4 Å². The molecule has 0 aliphatic carbocycles. The maximum absolute atomic E-state index is 12.3. The molecule has 1 aromatic carbocycles. The Kier molecular flexibility index (Phi) is 4.29. The van der Waals surface area contributed by atoms with Crippen molar-refractivity contribution in [2.45, 2.75) is 37.9 Å². The molecule has 2 aliphatic heterocycles. The van der Waals surface area contributed by atoms with Crippen LogP contribution < -0.4 is 10.2 Å². The summed E-state index contributed by atoms with van der Waals surface area (Å²) >= 11 is 0. The van der Waals surface area contributed by atoms with E-state index in [-0.39, 0.29) is 5.91 Å². The van der Waals surface area contributed by atoms with Crippen LogP contribution in [0.2, 0.25) is 0 Å². The molecule has 3 rings (SSSR count). The number of nitrogens with zero attached hydrogens (tertiary/aromatic N) is 1. The number of carbonyl (C=O) groups excluding carboxylic acids is 1. The SMILES string of the molecule is O=C(Nc1ccccc1N1CCCC1)[C@@H]1CC[C@H](C(=O)O)O1. The molecular weight excluding hydrogens is 284 g/mol. The van der Waals surface area contributed by atoms with E-state index < -0.39 is 18.2 Å². The van der Waals surface area contributed by atoms with Crippen LogP contribution in [0, 0.1) is 0 Å². The molecule has 0 radical (unpaired) electrons. The topological polar surface area (TPSA) is 78.9 Å². The summed E-state index contributed by atoms with van der Waals surface area (Å²) in [4.78, 5) is 25.5. The van der Waals surface area contributed by atoms with Gasteiger partial charge in [-0.15, -0.1) is 0 Å². The van der Waals surface area contributed by atoms with E-state index in [0.717, 1.165) is 37.3 Å². The first-order valence-electron chi connectivity index (χ1n) is 7.68. The second-order valence-electron chi connectivity index (χ2n) is 5.73. The molecule has 1 amide bonds. The van der Waals surface area contributed by atoms with Gasteiger partial charge in [-0.1, -0.05) is 12.1 Å². The van der Waals surface area contributed by atoms with Gasteiger partial charge in [-0.25, -0.2) is 4.79 Å². The third kappa shape index (κ3) is 3.06. The Hall–Kier alpha value is -2.08. The predicted molar refractivity (Wildman–Crippen MR) is 82.0 cm³/mol. The molecule has 2 saturated heterocycles. The fourth-order valence-corrected chi connectivity index (χ4v) is 3.04. The summed E-state index contributed by atoms with van der Waals surface area (Å²) in [6, 6.07) is 7.70. The van der Waals surface area contributed by atoms with Crippen molar-refractivity contribution in [1.82, 2.24) is 0 Å². The van der Waals surface area contributed by atoms with Gasteiger partial charge in [0, 0.05) is 13.1 Å². The fraction of sp³-hybridized carbons (Fsp3) is 0.500. The molecule has 22 heavy (non-hydrogen) atoms. The zero-order valence-corrected chi connectivity index (χ0v) is 12.3. The Bertz CT molecular complexity index is 569. The average molecular weight is 304 g/mol. The molecule has 2 N–H and O–H groups in total. The number of benzene rings is 1. The molecule has 6 heteroatoms. The van der Waals surface area contributed by atoms with Crippen LogP contribution in [0.1, 0.15) is 25.7 Å². The summed E-state index contributed by atoms with van der Waals surface area (Å²) in [5.41, 5.74) is 1.78. The van der Waals surface area contributed by atoms with Crippen molar-refractivity contribution in [2.75, 3.05) is 23.3 Å². The highest BCUT2D eigenvalue weighted by Gasteiger charge is 2.35. The number of carboxylic acids is 1. The van der Waals surface area contributed by atoms with Crippen LogP contribution >= 0.6 is 0 Å². The molecule has 2 fully saturated rings. The zero-order valence-electron chi connectivity index (χ0n) is 12.3. The van der Waals surface area contributed by atoms with Crippen LogP contribution in [0.15, 0.2) is 24.3 Å². The minimum atomic E-state index is -1.01. The molecular formula is C16H20N2O4. The standard InChI is InChI=1S/C16H20N2O4/c19-15(13-7-8-14(22-13)16(20)21)17-11-5-1-2-6-12(11)18-9-3-4-10-18/h1-2,5-6,13-14H,3-4,7-10H2,(H,17,19)(H,20,21)/t13-,14+/m0/s1. The summed E-state index contributed by atoms with van der Waals surface area (Å²) in [6.07, 6.45) is 1.58. The largest absolute Gasteiger partial charge is 0.479 e. The van der Waals surface area contributed by atoms with E-state index in [1.54, 1.807) is 0 Å².